The van der Waals surface area contributed by atoms with Gasteiger partial charge in [-0.05, 0) is 36.3 Å². The van der Waals surface area contributed by atoms with Gasteiger partial charge in [0.05, 0.1) is 11.8 Å². The van der Waals surface area contributed by atoms with Gasteiger partial charge in [-0.15, -0.1) is 0 Å². The van der Waals surface area contributed by atoms with Crippen molar-refractivity contribution in [3.05, 3.63) is 54.1 Å². The molecule has 5 rings (SSSR count). The van der Waals surface area contributed by atoms with Crippen LogP contribution in [0.1, 0.15) is 18.4 Å². The molecule has 1 saturated carbocycles. The van der Waals surface area contributed by atoms with Crippen molar-refractivity contribution in [1.82, 2.24) is 5.01 Å². The molecule has 0 aromatic heterocycles. The molecule has 1 saturated heterocycles. The van der Waals surface area contributed by atoms with Gasteiger partial charge in [-0.2, -0.15) is 10.1 Å². The van der Waals surface area contributed by atoms with Gasteiger partial charge in [-0.3, -0.25) is 9.59 Å². The smallest absolute Gasteiger partial charge is 0.254 e. The van der Waals surface area contributed by atoms with E-state index in [4.69, 9.17) is 0 Å². The fourth-order valence-corrected chi connectivity index (χ4v) is 4.00. The van der Waals surface area contributed by atoms with Crippen molar-refractivity contribution in [2.24, 2.45) is 28.8 Å². The zero-order chi connectivity index (χ0) is 15.8. The van der Waals surface area contributed by atoms with Gasteiger partial charge in [-0.25, -0.2) is 0 Å². The first-order valence-electron chi connectivity index (χ1n) is 8.07. The summed E-state index contributed by atoms with van der Waals surface area (Å²) in [6.45, 7) is 0. The van der Waals surface area contributed by atoms with E-state index in [-0.39, 0.29) is 35.5 Å². The Kier molecular flexibility index (Phi) is 3.45. The molecular formula is C19H18N2O2. The van der Waals surface area contributed by atoms with Gasteiger partial charge in [0, 0.05) is 6.21 Å². The normalized spacial score (nSPS) is 32.4. The minimum absolute atomic E-state index is 0.136. The summed E-state index contributed by atoms with van der Waals surface area (Å²) in [7, 11) is 0. The van der Waals surface area contributed by atoms with Crippen LogP contribution in [-0.4, -0.2) is 23.0 Å². The summed E-state index contributed by atoms with van der Waals surface area (Å²) in [4.78, 5) is 25.1. The lowest BCUT2D eigenvalue weighted by Gasteiger charge is -2.37. The van der Waals surface area contributed by atoms with E-state index in [0.29, 0.717) is 0 Å². The van der Waals surface area contributed by atoms with Crippen LogP contribution in [-0.2, 0) is 9.59 Å². The Morgan fingerprint density at radius 2 is 1.57 bits per heavy atom. The van der Waals surface area contributed by atoms with Crippen LogP contribution in [0.15, 0.2) is 53.7 Å². The number of imide groups is 1. The molecule has 2 bridgehead atoms. The van der Waals surface area contributed by atoms with Crippen LogP contribution >= 0.6 is 0 Å². The molecule has 116 valence electrons. The maximum absolute atomic E-state index is 12.5. The lowest BCUT2D eigenvalue weighted by Crippen LogP contribution is -2.38. The second-order valence-corrected chi connectivity index (χ2v) is 6.36. The average molecular weight is 306 g/mol. The third kappa shape index (κ3) is 2.34. The summed E-state index contributed by atoms with van der Waals surface area (Å²) < 4.78 is 0. The summed E-state index contributed by atoms with van der Waals surface area (Å²) in [5.41, 5.74) is 1.05. The highest BCUT2D eigenvalue weighted by Crippen LogP contribution is 2.49. The lowest BCUT2D eigenvalue weighted by molar-refractivity contribution is -0.140. The molecule has 4 nitrogen and oxygen atoms in total. The zero-order valence-electron chi connectivity index (χ0n) is 12.7. The molecule has 0 spiro atoms. The number of carbonyl (C=O) groups excluding carboxylic acids is 2. The highest BCUT2D eigenvalue weighted by molar-refractivity contribution is 6.06. The van der Waals surface area contributed by atoms with Crippen LogP contribution < -0.4 is 0 Å². The Balaban J connectivity index is 1.50. The first kappa shape index (κ1) is 14.1. The van der Waals surface area contributed by atoms with E-state index < -0.39 is 0 Å². The highest BCUT2D eigenvalue weighted by atomic mass is 16.2. The number of nitrogens with zero attached hydrogens (tertiary/aromatic N) is 2. The first-order valence-corrected chi connectivity index (χ1v) is 8.07. The van der Waals surface area contributed by atoms with Crippen LogP contribution in [0, 0.1) is 23.7 Å². The van der Waals surface area contributed by atoms with Crippen molar-refractivity contribution in [3.63, 3.8) is 0 Å². The van der Waals surface area contributed by atoms with E-state index in [1.807, 2.05) is 36.4 Å². The molecule has 1 aromatic rings. The molecule has 0 N–H and O–H groups in total. The number of rotatable bonds is 3. The van der Waals surface area contributed by atoms with E-state index in [0.717, 1.165) is 23.4 Å². The molecule has 4 aliphatic rings. The number of amides is 2. The van der Waals surface area contributed by atoms with E-state index >= 15 is 0 Å². The van der Waals surface area contributed by atoms with Crippen molar-refractivity contribution in [3.8, 4) is 0 Å². The fourth-order valence-electron chi connectivity index (χ4n) is 4.00. The van der Waals surface area contributed by atoms with Gasteiger partial charge in [0.1, 0.15) is 0 Å². The van der Waals surface area contributed by atoms with E-state index in [1.54, 1.807) is 6.08 Å². The molecular weight excluding hydrogens is 288 g/mol. The van der Waals surface area contributed by atoms with Crippen molar-refractivity contribution >= 4 is 24.1 Å². The molecule has 0 radical (unpaired) electrons. The van der Waals surface area contributed by atoms with Crippen molar-refractivity contribution < 1.29 is 9.59 Å². The quantitative estimate of drug-likeness (QED) is 0.490. The van der Waals surface area contributed by atoms with Crippen molar-refractivity contribution in [2.75, 3.05) is 0 Å². The maximum Gasteiger partial charge on any atom is 0.254 e. The summed E-state index contributed by atoms with van der Waals surface area (Å²) in [5.74, 6) is -0.238. The minimum Gasteiger partial charge on any atom is -0.272 e. The topological polar surface area (TPSA) is 49.7 Å². The largest absolute Gasteiger partial charge is 0.272 e. The van der Waals surface area contributed by atoms with Gasteiger partial charge < -0.3 is 0 Å². The highest BCUT2D eigenvalue weighted by Gasteiger charge is 2.56. The van der Waals surface area contributed by atoms with Gasteiger partial charge in [-0.1, -0.05) is 48.6 Å². The van der Waals surface area contributed by atoms with Crippen molar-refractivity contribution in [2.45, 2.75) is 12.8 Å². The molecule has 1 aliphatic heterocycles. The standard InChI is InChI=1S/C19H18N2O2/c22-18-16-14-8-9-15(11-10-14)17(16)19(23)21(18)20-12-4-7-13-5-2-1-3-6-13/h1-9,12,14-17H,10-11H2/b7-4+,20-12-/t14-,15+,16-,17+. The van der Waals surface area contributed by atoms with E-state index in [2.05, 4.69) is 17.3 Å². The minimum atomic E-state index is -0.193. The number of hydrogen-bond donors (Lipinski definition) is 0. The second kappa shape index (κ2) is 5.61. The molecule has 4 heteroatoms. The van der Waals surface area contributed by atoms with Crippen LogP contribution in [0.3, 0.4) is 0 Å². The average Bonchev–Trinajstić information content (AvgIpc) is 2.87. The predicted octanol–water partition coefficient (Wildman–Crippen LogP) is 2.88. The van der Waals surface area contributed by atoms with Gasteiger partial charge >= 0.3 is 0 Å². The summed E-state index contributed by atoms with van der Waals surface area (Å²) >= 11 is 0. The fraction of sp³-hybridized carbons (Fsp3) is 0.316. The Bertz CT molecular complexity index is 688. The number of hydrogen-bond acceptors (Lipinski definition) is 3. The monoisotopic (exact) mass is 306 g/mol. The van der Waals surface area contributed by atoms with Gasteiger partial charge in [0.2, 0.25) is 0 Å². The van der Waals surface area contributed by atoms with E-state index in [1.165, 1.54) is 6.21 Å². The SMILES string of the molecule is O=C1[C@@H]2[C@H](C(=O)N1/N=C\C=C\c1ccccc1)[C@@H]1C=C[C@H]2CC1. The van der Waals surface area contributed by atoms with Crippen LogP contribution in [0.2, 0.25) is 0 Å². The third-order valence-corrected chi connectivity index (χ3v) is 5.09. The Morgan fingerprint density at radius 1 is 0.957 bits per heavy atom. The number of allylic oxidation sites excluding steroid dienone is 3. The number of benzene rings is 1. The zero-order valence-corrected chi connectivity index (χ0v) is 12.7. The maximum atomic E-state index is 12.5. The molecule has 2 amide bonds. The number of carbonyl (C=O) groups is 2. The molecule has 2 fully saturated rings. The predicted molar refractivity (Wildman–Crippen MR) is 88.2 cm³/mol. The van der Waals surface area contributed by atoms with Crippen LogP contribution in [0.4, 0.5) is 0 Å². The summed E-state index contributed by atoms with van der Waals surface area (Å²) in [5, 5.41) is 5.20. The Morgan fingerprint density at radius 3 is 2.13 bits per heavy atom. The molecule has 23 heavy (non-hydrogen) atoms. The molecule has 1 aromatic carbocycles. The van der Waals surface area contributed by atoms with Gasteiger partial charge in [0.25, 0.3) is 11.8 Å². The van der Waals surface area contributed by atoms with Crippen molar-refractivity contribution in [1.29, 1.82) is 0 Å². The van der Waals surface area contributed by atoms with Crippen LogP contribution in [0.5, 0.6) is 0 Å². The number of fused-ring (bicyclic) bond motifs is 1. The lowest BCUT2D eigenvalue weighted by atomic mass is 9.63. The molecule has 3 aliphatic carbocycles. The third-order valence-electron chi connectivity index (χ3n) is 5.09. The van der Waals surface area contributed by atoms with Gasteiger partial charge in [0.15, 0.2) is 0 Å². The number of hydrazone groups is 1. The Hall–Kier alpha value is -2.49. The summed E-state index contributed by atoms with van der Waals surface area (Å²) in [6, 6.07) is 9.83. The molecule has 4 atom stereocenters. The first-order chi connectivity index (χ1) is 11.3. The Labute approximate surface area is 135 Å². The molecule has 0 unspecified atom stereocenters. The molecule has 1 heterocycles. The second-order valence-electron chi connectivity index (χ2n) is 6.36. The van der Waals surface area contributed by atoms with Crippen LogP contribution in [0.25, 0.3) is 6.08 Å². The summed E-state index contributed by atoms with van der Waals surface area (Å²) in [6.07, 6.45) is 11.4. The van der Waals surface area contributed by atoms with E-state index in [9.17, 15) is 9.59 Å².